The van der Waals surface area contributed by atoms with Gasteiger partial charge in [-0.1, -0.05) is 12.8 Å². The van der Waals surface area contributed by atoms with Crippen LogP contribution in [0.5, 0.6) is 0 Å². The van der Waals surface area contributed by atoms with Crippen LogP contribution in [0, 0.1) is 0 Å². The minimum absolute atomic E-state index is 0. The van der Waals surface area contributed by atoms with Gasteiger partial charge >= 0.3 is 5.69 Å². The van der Waals surface area contributed by atoms with Crippen LogP contribution in [-0.4, -0.2) is 28.0 Å². The number of benzene rings is 1. The lowest BCUT2D eigenvalue weighted by Gasteiger charge is -2.11. The highest BCUT2D eigenvalue weighted by Gasteiger charge is 2.21. The monoisotopic (exact) mass is 352 g/mol. The molecule has 1 aliphatic carbocycles. The molecule has 1 unspecified atom stereocenters. The fraction of sp³-hybridized carbons (Fsp3) is 0.529. The van der Waals surface area contributed by atoms with Crippen molar-refractivity contribution in [1.29, 1.82) is 0 Å². The van der Waals surface area contributed by atoms with Crippen LogP contribution in [0.1, 0.15) is 55.4 Å². The molecular weight excluding hydrogens is 328 g/mol. The van der Waals surface area contributed by atoms with E-state index in [0.717, 1.165) is 30.3 Å². The zero-order valence-corrected chi connectivity index (χ0v) is 14.7. The van der Waals surface area contributed by atoms with Crippen molar-refractivity contribution in [3.8, 4) is 0 Å². The minimum Gasteiger partial charge on any atom is -0.352 e. The van der Waals surface area contributed by atoms with Crippen LogP contribution in [0.3, 0.4) is 0 Å². The summed E-state index contributed by atoms with van der Waals surface area (Å²) in [6, 6.07) is 5.74. The number of rotatable bonds is 5. The van der Waals surface area contributed by atoms with Crippen LogP contribution in [-0.2, 0) is 0 Å². The first kappa shape index (κ1) is 18.5. The highest BCUT2D eigenvalue weighted by molar-refractivity contribution is 5.97. The molecule has 1 atom stereocenters. The Morgan fingerprint density at radius 3 is 2.79 bits per heavy atom. The normalized spacial score (nSPS) is 16.1. The number of carbonyl (C=O) groups excluding carboxylic acids is 1. The topological polar surface area (TPSA) is 92.9 Å². The van der Waals surface area contributed by atoms with Crippen LogP contribution >= 0.6 is 12.4 Å². The number of H-pyrrole nitrogens is 1. The number of nitrogens with zero attached hydrogens (tertiary/aromatic N) is 1. The molecule has 1 aromatic carbocycles. The number of nitrogens with one attached hydrogen (secondary N) is 2. The Morgan fingerprint density at radius 1 is 1.42 bits per heavy atom. The number of hydrogen-bond acceptors (Lipinski definition) is 3. The van der Waals surface area contributed by atoms with E-state index in [4.69, 9.17) is 5.73 Å². The number of imidazole rings is 1. The molecule has 0 radical (unpaired) electrons. The van der Waals surface area contributed by atoms with E-state index in [-0.39, 0.29) is 36.1 Å². The number of halogens is 1. The molecule has 0 bridgehead atoms. The van der Waals surface area contributed by atoms with Gasteiger partial charge in [-0.3, -0.25) is 9.36 Å². The lowest BCUT2D eigenvalue weighted by molar-refractivity contribution is 0.0953. The molecule has 0 aliphatic heterocycles. The van der Waals surface area contributed by atoms with Crippen molar-refractivity contribution in [1.82, 2.24) is 14.9 Å². The van der Waals surface area contributed by atoms with Crippen molar-refractivity contribution in [3.63, 3.8) is 0 Å². The van der Waals surface area contributed by atoms with E-state index in [1.165, 1.54) is 12.8 Å². The van der Waals surface area contributed by atoms with Gasteiger partial charge in [0, 0.05) is 24.2 Å². The minimum atomic E-state index is -0.137. The third-order valence-corrected chi connectivity index (χ3v) is 4.55. The van der Waals surface area contributed by atoms with Crippen molar-refractivity contribution in [2.75, 3.05) is 6.54 Å². The molecule has 0 saturated heterocycles. The number of aromatic nitrogens is 2. The third-order valence-electron chi connectivity index (χ3n) is 4.55. The molecule has 2 aromatic rings. The van der Waals surface area contributed by atoms with Crippen molar-refractivity contribution < 1.29 is 4.79 Å². The van der Waals surface area contributed by atoms with Gasteiger partial charge in [0.1, 0.15) is 0 Å². The summed E-state index contributed by atoms with van der Waals surface area (Å²) in [7, 11) is 0. The Bertz CT molecular complexity index is 760. The summed E-state index contributed by atoms with van der Waals surface area (Å²) < 4.78 is 1.85. The Morgan fingerprint density at radius 2 is 2.12 bits per heavy atom. The molecule has 6 nitrogen and oxygen atoms in total. The fourth-order valence-electron chi connectivity index (χ4n) is 3.31. The van der Waals surface area contributed by atoms with Crippen LogP contribution in [0.4, 0.5) is 0 Å². The Kier molecular flexibility index (Phi) is 6.07. The number of aromatic amines is 1. The number of fused-ring (bicyclic) bond motifs is 1. The summed E-state index contributed by atoms with van der Waals surface area (Å²) in [4.78, 5) is 27.3. The summed E-state index contributed by atoms with van der Waals surface area (Å²) >= 11 is 0. The molecule has 1 heterocycles. The van der Waals surface area contributed by atoms with Gasteiger partial charge in [-0.2, -0.15) is 0 Å². The largest absolute Gasteiger partial charge is 0.352 e. The highest BCUT2D eigenvalue weighted by atomic mass is 35.5. The van der Waals surface area contributed by atoms with Crippen molar-refractivity contribution in [3.05, 3.63) is 34.2 Å². The lowest BCUT2D eigenvalue weighted by Crippen LogP contribution is -2.28. The van der Waals surface area contributed by atoms with Crippen molar-refractivity contribution in [2.24, 2.45) is 5.73 Å². The number of hydrogen-bond donors (Lipinski definition) is 3. The second kappa shape index (κ2) is 7.85. The fourth-order valence-corrected chi connectivity index (χ4v) is 3.31. The molecule has 1 amide bonds. The predicted octanol–water partition coefficient (Wildman–Crippen LogP) is 2.33. The smallest absolute Gasteiger partial charge is 0.326 e. The van der Waals surface area contributed by atoms with Gasteiger partial charge in [-0.05, 0) is 44.4 Å². The molecule has 1 fully saturated rings. The first-order valence-electron chi connectivity index (χ1n) is 8.34. The maximum Gasteiger partial charge on any atom is 0.326 e. The van der Waals surface area contributed by atoms with E-state index in [1.54, 1.807) is 12.1 Å². The van der Waals surface area contributed by atoms with E-state index in [9.17, 15) is 9.59 Å². The van der Waals surface area contributed by atoms with Gasteiger partial charge in [0.25, 0.3) is 5.91 Å². The van der Waals surface area contributed by atoms with Gasteiger partial charge in [-0.25, -0.2) is 4.79 Å². The molecule has 4 N–H and O–H groups in total. The molecular formula is C17H25ClN4O2. The Labute approximate surface area is 147 Å². The van der Waals surface area contributed by atoms with Gasteiger partial charge < -0.3 is 16.0 Å². The number of carbonyl (C=O) groups is 1. The standard InChI is InChI=1S/C17H24N4O2.ClH/c1-11(18)8-9-19-16(22)12-6-7-15-14(10-12)20-17(23)21(15)13-4-2-3-5-13;/h6-7,10-11,13H,2-5,8-9,18H2,1H3,(H,19,22)(H,20,23);1H. The van der Waals surface area contributed by atoms with Crippen LogP contribution in [0.2, 0.25) is 0 Å². The zero-order valence-electron chi connectivity index (χ0n) is 13.9. The maximum absolute atomic E-state index is 12.2. The molecule has 1 aromatic heterocycles. The van der Waals surface area contributed by atoms with E-state index < -0.39 is 0 Å². The summed E-state index contributed by atoms with van der Waals surface area (Å²) in [5, 5.41) is 2.85. The quantitative estimate of drug-likeness (QED) is 0.771. The second-order valence-corrected chi connectivity index (χ2v) is 6.49. The summed E-state index contributed by atoms with van der Waals surface area (Å²) in [5.41, 5.74) is 7.76. The number of amides is 1. The van der Waals surface area contributed by atoms with Gasteiger partial charge in [0.2, 0.25) is 0 Å². The molecule has 24 heavy (non-hydrogen) atoms. The van der Waals surface area contributed by atoms with Gasteiger partial charge in [0.05, 0.1) is 11.0 Å². The van der Waals surface area contributed by atoms with E-state index in [2.05, 4.69) is 10.3 Å². The summed E-state index contributed by atoms with van der Waals surface area (Å²) in [6.45, 7) is 2.46. The first-order valence-corrected chi connectivity index (χ1v) is 8.34. The SMILES string of the molecule is CC(N)CCNC(=O)c1ccc2c(c1)[nH]c(=O)n2C1CCCC1.Cl. The van der Waals surface area contributed by atoms with Crippen LogP contribution < -0.4 is 16.7 Å². The summed E-state index contributed by atoms with van der Waals surface area (Å²) in [5.74, 6) is -0.137. The predicted molar refractivity (Wildman–Crippen MR) is 97.9 cm³/mol. The van der Waals surface area contributed by atoms with Gasteiger partial charge in [-0.15, -0.1) is 12.4 Å². The Balaban J connectivity index is 0.00000208. The average Bonchev–Trinajstić information content (AvgIpc) is 3.12. The van der Waals surface area contributed by atoms with E-state index in [0.29, 0.717) is 12.1 Å². The van der Waals surface area contributed by atoms with Crippen molar-refractivity contribution in [2.45, 2.75) is 51.1 Å². The first-order chi connectivity index (χ1) is 11.1. The average molecular weight is 353 g/mol. The van der Waals surface area contributed by atoms with Crippen LogP contribution in [0.25, 0.3) is 11.0 Å². The summed E-state index contributed by atoms with van der Waals surface area (Å²) in [6.07, 6.45) is 5.18. The lowest BCUT2D eigenvalue weighted by atomic mass is 10.1. The van der Waals surface area contributed by atoms with Crippen molar-refractivity contribution >= 4 is 29.3 Å². The zero-order chi connectivity index (χ0) is 16.4. The molecule has 132 valence electrons. The molecule has 0 spiro atoms. The number of nitrogens with two attached hydrogens (primary N) is 1. The highest BCUT2D eigenvalue weighted by Crippen LogP contribution is 2.30. The molecule has 1 aliphatic rings. The van der Waals surface area contributed by atoms with Gasteiger partial charge in [0.15, 0.2) is 0 Å². The maximum atomic E-state index is 12.2. The molecule has 1 saturated carbocycles. The van der Waals surface area contributed by atoms with E-state index >= 15 is 0 Å². The van der Waals surface area contributed by atoms with E-state index in [1.807, 2.05) is 17.6 Å². The van der Waals surface area contributed by atoms with Crippen LogP contribution in [0.15, 0.2) is 23.0 Å². The second-order valence-electron chi connectivity index (χ2n) is 6.49. The Hall–Kier alpha value is -1.79. The third kappa shape index (κ3) is 3.82. The molecule has 7 heteroatoms. The molecule has 3 rings (SSSR count).